The van der Waals surface area contributed by atoms with Crippen LogP contribution >= 0.6 is 11.6 Å². The van der Waals surface area contributed by atoms with Crippen molar-refractivity contribution in [2.24, 2.45) is 7.05 Å². The molecule has 1 aromatic heterocycles. The molecule has 2 rings (SSSR count). The molecule has 0 unspecified atom stereocenters. The van der Waals surface area contributed by atoms with E-state index in [4.69, 9.17) is 16.3 Å². The van der Waals surface area contributed by atoms with Crippen LogP contribution in [0.5, 0.6) is 5.75 Å². The van der Waals surface area contributed by atoms with Crippen molar-refractivity contribution in [3.05, 3.63) is 41.2 Å². The summed E-state index contributed by atoms with van der Waals surface area (Å²) < 4.78 is 7.03. The zero-order valence-corrected chi connectivity index (χ0v) is 11.4. The van der Waals surface area contributed by atoms with E-state index in [9.17, 15) is 4.79 Å². The van der Waals surface area contributed by atoms with Crippen LogP contribution in [0.3, 0.4) is 0 Å². The Balaban J connectivity index is 1.88. The van der Waals surface area contributed by atoms with E-state index in [1.54, 1.807) is 35.1 Å². The van der Waals surface area contributed by atoms with Gasteiger partial charge >= 0.3 is 0 Å². The molecule has 0 aliphatic carbocycles. The Hall–Kier alpha value is -2.01. The monoisotopic (exact) mass is 279 g/mol. The van der Waals surface area contributed by atoms with Gasteiger partial charge in [-0.1, -0.05) is 11.6 Å². The van der Waals surface area contributed by atoms with Crippen LogP contribution in [0, 0.1) is 6.92 Å². The number of nitrogens with one attached hydrogen (secondary N) is 1. The number of benzene rings is 1. The Kier molecular flexibility index (Phi) is 4.06. The lowest BCUT2D eigenvalue weighted by Gasteiger charge is -2.07. The molecule has 0 radical (unpaired) electrons. The van der Waals surface area contributed by atoms with Gasteiger partial charge < -0.3 is 10.1 Å². The Bertz CT molecular complexity index is 578. The number of carbonyl (C=O) groups is 1. The number of aryl methyl sites for hydroxylation is 1. The molecule has 100 valence electrons. The summed E-state index contributed by atoms with van der Waals surface area (Å²) in [4.78, 5) is 11.7. The van der Waals surface area contributed by atoms with Gasteiger partial charge in [-0.3, -0.25) is 9.48 Å². The van der Waals surface area contributed by atoms with E-state index in [-0.39, 0.29) is 12.5 Å². The highest BCUT2D eigenvalue weighted by Gasteiger charge is 2.08. The Morgan fingerprint density at radius 3 is 2.68 bits per heavy atom. The summed E-state index contributed by atoms with van der Waals surface area (Å²) in [6, 6.07) is 6.84. The highest BCUT2D eigenvalue weighted by Crippen LogP contribution is 2.16. The van der Waals surface area contributed by atoms with Gasteiger partial charge in [0.25, 0.3) is 5.91 Å². The van der Waals surface area contributed by atoms with Crippen molar-refractivity contribution in [3.63, 3.8) is 0 Å². The highest BCUT2D eigenvalue weighted by molar-refractivity contribution is 6.30. The number of hydrogen-bond acceptors (Lipinski definition) is 3. The first-order valence-electron chi connectivity index (χ1n) is 5.73. The lowest BCUT2D eigenvalue weighted by atomic mass is 10.3. The number of carbonyl (C=O) groups excluding carboxylic acids is 1. The molecular formula is C13H14ClN3O2. The molecular weight excluding hydrogens is 266 g/mol. The van der Waals surface area contributed by atoms with Crippen LogP contribution in [0.2, 0.25) is 5.02 Å². The summed E-state index contributed by atoms with van der Waals surface area (Å²) in [6.45, 7) is 1.82. The van der Waals surface area contributed by atoms with Crippen LogP contribution in [-0.2, 0) is 11.8 Å². The molecule has 5 nitrogen and oxygen atoms in total. The molecule has 0 fully saturated rings. The Labute approximate surface area is 116 Å². The third-order valence-corrected chi connectivity index (χ3v) is 2.94. The first-order chi connectivity index (χ1) is 9.06. The number of ether oxygens (including phenoxy) is 1. The quantitative estimate of drug-likeness (QED) is 0.935. The molecule has 1 aromatic carbocycles. The summed E-state index contributed by atoms with van der Waals surface area (Å²) in [5.41, 5.74) is 1.58. The van der Waals surface area contributed by atoms with Crippen molar-refractivity contribution in [1.29, 1.82) is 0 Å². The molecule has 0 spiro atoms. The lowest BCUT2D eigenvalue weighted by Crippen LogP contribution is -2.20. The van der Waals surface area contributed by atoms with E-state index in [0.717, 1.165) is 5.69 Å². The molecule has 1 N–H and O–H groups in total. The van der Waals surface area contributed by atoms with Gasteiger partial charge in [0.05, 0.1) is 17.6 Å². The van der Waals surface area contributed by atoms with E-state index in [0.29, 0.717) is 16.5 Å². The van der Waals surface area contributed by atoms with Crippen LogP contribution in [0.25, 0.3) is 0 Å². The molecule has 0 aliphatic heterocycles. The summed E-state index contributed by atoms with van der Waals surface area (Å²) in [5.74, 6) is 0.369. The predicted molar refractivity (Wildman–Crippen MR) is 73.5 cm³/mol. The van der Waals surface area contributed by atoms with Gasteiger partial charge in [-0.25, -0.2) is 0 Å². The number of amides is 1. The van der Waals surface area contributed by atoms with Gasteiger partial charge in [0.1, 0.15) is 5.75 Å². The van der Waals surface area contributed by atoms with Gasteiger partial charge in [0.2, 0.25) is 0 Å². The third-order valence-electron chi connectivity index (χ3n) is 2.69. The second kappa shape index (κ2) is 5.75. The summed E-state index contributed by atoms with van der Waals surface area (Å²) in [6.07, 6.45) is 1.61. The van der Waals surface area contributed by atoms with Crippen molar-refractivity contribution in [2.75, 3.05) is 11.9 Å². The number of rotatable bonds is 4. The van der Waals surface area contributed by atoms with Crippen molar-refractivity contribution in [2.45, 2.75) is 6.92 Å². The largest absolute Gasteiger partial charge is 0.484 e. The summed E-state index contributed by atoms with van der Waals surface area (Å²) >= 11 is 5.76. The first kappa shape index (κ1) is 13.4. The molecule has 0 saturated carbocycles. The Morgan fingerprint density at radius 1 is 1.42 bits per heavy atom. The lowest BCUT2D eigenvalue weighted by molar-refractivity contribution is -0.118. The molecule has 0 bridgehead atoms. The smallest absolute Gasteiger partial charge is 0.262 e. The summed E-state index contributed by atoms with van der Waals surface area (Å²) in [7, 11) is 1.81. The zero-order chi connectivity index (χ0) is 13.8. The standard InChI is InChI=1S/C13H14ClN3O2/c1-9-12(7-15-17(9)2)16-13(18)8-19-11-5-3-10(14)4-6-11/h3-7H,8H2,1-2H3,(H,16,18). The van der Waals surface area contributed by atoms with Gasteiger partial charge in [0.15, 0.2) is 6.61 Å². The van der Waals surface area contributed by atoms with Crippen LogP contribution < -0.4 is 10.1 Å². The van der Waals surface area contributed by atoms with E-state index >= 15 is 0 Å². The third kappa shape index (κ3) is 3.48. The highest BCUT2D eigenvalue weighted by atomic mass is 35.5. The fourth-order valence-electron chi connectivity index (χ4n) is 1.49. The fraction of sp³-hybridized carbons (Fsp3) is 0.231. The molecule has 6 heteroatoms. The Morgan fingerprint density at radius 2 is 2.11 bits per heavy atom. The van der Waals surface area contributed by atoms with Gasteiger partial charge in [-0.15, -0.1) is 0 Å². The molecule has 2 aromatic rings. The zero-order valence-electron chi connectivity index (χ0n) is 10.7. The molecule has 19 heavy (non-hydrogen) atoms. The minimum Gasteiger partial charge on any atom is -0.484 e. The second-order valence-electron chi connectivity index (χ2n) is 4.06. The maximum Gasteiger partial charge on any atom is 0.262 e. The van der Waals surface area contributed by atoms with Gasteiger partial charge in [0, 0.05) is 12.1 Å². The van der Waals surface area contributed by atoms with Crippen molar-refractivity contribution in [1.82, 2.24) is 9.78 Å². The number of aromatic nitrogens is 2. The van der Waals surface area contributed by atoms with Gasteiger partial charge in [-0.05, 0) is 31.2 Å². The molecule has 0 atom stereocenters. The maximum atomic E-state index is 11.7. The average molecular weight is 280 g/mol. The molecule has 1 amide bonds. The molecule has 0 aliphatic rings. The van der Waals surface area contributed by atoms with Crippen molar-refractivity contribution in [3.8, 4) is 5.75 Å². The first-order valence-corrected chi connectivity index (χ1v) is 6.11. The maximum absolute atomic E-state index is 11.7. The van der Waals surface area contributed by atoms with Crippen LogP contribution in [0.4, 0.5) is 5.69 Å². The summed E-state index contributed by atoms with van der Waals surface area (Å²) in [5, 5.41) is 7.41. The number of hydrogen-bond donors (Lipinski definition) is 1. The van der Waals surface area contributed by atoms with Crippen molar-refractivity contribution < 1.29 is 9.53 Å². The van der Waals surface area contributed by atoms with Crippen molar-refractivity contribution >= 4 is 23.2 Å². The topological polar surface area (TPSA) is 56.1 Å². The molecule has 0 saturated heterocycles. The SMILES string of the molecule is Cc1c(NC(=O)COc2ccc(Cl)cc2)cnn1C. The second-order valence-corrected chi connectivity index (χ2v) is 4.49. The average Bonchev–Trinajstić information content (AvgIpc) is 2.70. The van der Waals surface area contributed by atoms with Crippen LogP contribution in [-0.4, -0.2) is 22.3 Å². The van der Waals surface area contributed by atoms with Crippen LogP contribution in [0.15, 0.2) is 30.5 Å². The minimum atomic E-state index is -0.231. The minimum absolute atomic E-state index is 0.0596. The van der Waals surface area contributed by atoms with E-state index in [2.05, 4.69) is 10.4 Å². The van der Waals surface area contributed by atoms with Gasteiger partial charge in [-0.2, -0.15) is 5.10 Å². The molecule has 1 heterocycles. The number of nitrogens with zero attached hydrogens (tertiary/aromatic N) is 2. The van der Waals surface area contributed by atoms with E-state index in [1.165, 1.54) is 0 Å². The van der Waals surface area contributed by atoms with E-state index < -0.39 is 0 Å². The van der Waals surface area contributed by atoms with E-state index in [1.807, 2.05) is 14.0 Å². The fourth-order valence-corrected chi connectivity index (χ4v) is 1.61. The predicted octanol–water partition coefficient (Wildman–Crippen LogP) is 2.40. The normalized spacial score (nSPS) is 10.3. The van der Waals surface area contributed by atoms with Crippen LogP contribution in [0.1, 0.15) is 5.69 Å². The number of halogens is 1. The number of anilines is 1.